The Kier molecular flexibility index (Phi) is 3.75. The van der Waals surface area contributed by atoms with Crippen molar-refractivity contribution in [2.45, 2.75) is 37.6 Å². The van der Waals surface area contributed by atoms with Gasteiger partial charge in [0.15, 0.2) is 0 Å². The summed E-state index contributed by atoms with van der Waals surface area (Å²) in [5.74, 6) is 0.751. The second-order valence-electron chi connectivity index (χ2n) is 4.28. The Morgan fingerprint density at radius 3 is 2.33 bits per heavy atom. The fourth-order valence-corrected chi connectivity index (χ4v) is 2.44. The first-order valence-corrected chi connectivity index (χ1v) is 5.73. The molecule has 1 aliphatic rings. The summed E-state index contributed by atoms with van der Waals surface area (Å²) in [7, 11) is 1.70. The van der Waals surface area contributed by atoms with Crippen molar-refractivity contribution in [1.29, 1.82) is 0 Å². The summed E-state index contributed by atoms with van der Waals surface area (Å²) >= 11 is 0. The maximum absolute atomic E-state index is 4.97. The summed E-state index contributed by atoms with van der Waals surface area (Å²) in [4.78, 5) is 4.97. The average molecular weight is 205 g/mol. The largest absolute Gasteiger partial charge is 0.305 e. The van der Waals surface area contributed by atoms with E-state index in [4.69, 9.17) is 4.84 Å². The molecule has 1 aliphatic carbocycles. The van der Waals surface area contributed by atoms with E-state index in [9.17, 15) is 0 Å². The van der Waals surface area contributed by atoms with Crippen LogP contribution in [-0.4, -0.2) is 13.2 Å². The van der Waals surface area contributed by atoms with E-state index >= 15 is 0 Å². The minimum Gasteiger partial charge on any atom is -0.305 e. The molecule has 0 bridgehead atoms. The van der Waals surface area contributed by atoms with Crippen LogP contribution in [0.2, 0.25) is 0 Å². The lowest BCUT2D eigenvalue weighted by Crippen LogP contribution is -2.31. The molecule has 0 unspecified atom stereocenters. The highest BCUT2D eigenvalue weighted by atomic mass is 16.6. The van der Waals surface area contributed by atoms with Crippen molar-refractivity contribution in [1.82, 2.24) is 5.48 Å². The monoisotopic (exact) mass is 205 g/mol. The first-order chi connectivity index (χ1) is 7.40. The van der Waals surface area contributed by atoms with E-state index in [0.717, 1.165) is 5.92 Å². The molecule has 2 nitrogen and oxygen atoms in total. The summed E-state index contributed by atoms with van der Waals surface area (Å²) in [5, 5.41) is 0. The molecular formula is C13H19NO. The molecule has 82 valence electrons. The highest BCUT2D eigenvalue weighted by Crippen LogP contribution is 2.32. The molecule has 0 aliphatic heterocycles. The summed E-state index contributed by atoms with van der Waals surface area (Å²) in [6, 6.07) is 11.4. The van der Waals surface area contributed by atoms with Gasteiger partial charge in [0.2, 0.25) is 0 Å². The topological polar surface area (TPSA) is 21.3 Å². The summed E-state index contributed by atoms with van der Waals surface area (Å²) in [6.07, 6.45) is 4.97. The quantitative estimate of drug-likeness (QED) is 0.766. The van der Waals surface area contributed by atoms with E-state index in [1.807, 2.05) is 0 Å². The van der Waals surface area contributed by atoms with Crippen molar-refractivity contribution in [3.8, 4) is 0 Å². The molecule has 0 radical (unpaired) electrons. The Bertz CT molecular complexity index is 278. The molecular weight excluding hydrogens is 186 g/mol. The van der Waals surface area contributed by atoms with Gasteiger partial charge in [0.1, 0.15) is 0 Å². The standard InChI is InChI=1S/C13H19NO/c1-15-14-13-9-7-12(8-10-13)11-5-3-2-4-6-11/h2-6,12-14H,7-10H2,1H3. The van der Waals surface area contributed by atoms with Crippen molar-refractivity contribution in [3.63, 3.8) is 0 Å². The number of benzene rings is 1. The van der Waals surface area contributed by atoms with Crippen LogP contribution in [0, 0.1) is 0 Å². The van der Waals surface area contributed by atoms with Crippen LogP contribution < -0.4 is 5.48 Å². The lowest BCUT2D eigenvalue weighted by atomic mass is 9.82. The van der Waals surface area contributed by atoms with Gasteiger partial charge in [0.25, 0.3) is 0 Å². The molecule has 0 amide bonds. The highest BCUT2D eigenvalue weighted by Gasteiger charge is 2.21. The Labute approximate surface area is 91.6 Å². The minimum absolute atomic E-state index is 0.551. The van der Waals surface area contributed by atoms with E-state index < -0.39 is 0 Å². The molecule has 2 rings (SSSR count). The van der Waals surface area contributed by atoms with Crippen LogP contribution in [0.5, 0.6) is 0 Å². The molecule has 1 aromatic carbocycles. The first kappa shape index (κ1) is 10.7. The lowest BCUT2D eigenvalue weighted by molar-refractivity contribution is 0.0470. The lowest BCUT2D eigenvalue weighted by Gasteiger charge is -2.28. The van der Waals surface area contributed by atoms with Crippen LogP contribution in [0.25, 0.3) is 0 Å². The molecule has 0 spiro atoms. The molecule has 0 heterocycles. The van der Waals surface area contributed by atoms with Crippen LogP contribution in [0.1, 0.15) is 37.2 Å². The third kappa shape index (κ3) is 2.80. The van der Waals surface area contributed by atoms with Gasteiger partial charge in [-0.3, -0.25) is 0 Å². The number of hydrogen-bond acceptors (Lipinski definition) is 2. The van der Waals surface area contributed by atoms with Crippen LogP contribution in [-0.2, 0) is 4.84 Å². The Hall–Kier alpha value is -0.860. The first-order valence-electron chi connectivity index (χ1n) is 5.73. The molecule has 1 N–H and O–H groups in total. The molecule has 2 heteroatoms. The third-order valence-corrected chi connectivity index (χ3v) is 3.28. The average Bonchev–Trinajstić information content (AvgIpc) is 2.32. The van der Waals surface area contributed by atoms with Gasteiger partial charge in [-0.25, -0.2) is 0 Å². The summed E-state index contributed by atoms with van der Waals surface area (Å²) < 4.78 is 0. The molecule has 0 saturated heterocycles. The molecule has 1 fully saturated rings. The second kappa shape index (κ2) is 5.29. The van der Waals surface area contributed by atoms with Gasteiger partial charge in [-0.2, -0.15) is 5.48 Å². The van der Waals surface area contributed by atoms with E-state index in [-0.39, 0.29) is 0 Å². The zero-order valence-electron chi connectivity index (χ0n) is 9.28. The Morgan fingerprint density at radius 1 is 1.07 bits per heavy atom. The fraction of sp³-hybridized carbons (Fsp3) is 0.538. The van der Waals surface area contributed by atoms with Gasteiger partial charge in [0, 0.05) is 6.04 Å². The van der Waals surface area contributed by atoms with Crippen molar-refractivity contribution >= 4 is 0 Å². The van der Waals surface area contributed by atoms with Crippen LogP contribution >= 0.6 is 0 Å². The van der Waals surface area contributed by atoms with Crippen LogP contribution in [0.15, 0.2) is 30.3 Å². The van der Waals surface area contributed by atoms with E-state index in [0.29, 0.717) is 6.04 Å². The molecule has 0 aromatic heterocycles. The zero-order chi connectivity index (χ0) is 10.5. The van der Waals surface area contributed by atoms with E-state index in [1.54, 1.807) is 7.11 Å². The molecule has 1 saturated carbocycles. The number of nitrogens with one attached hydrogen (secondary N) is 1. The molecule has 1 aromatic rings. The van der Waals surface area contributed by atoms with Crippen molar-refractivity contribution < 1.29 is 4.84 Å². The molecule has 15 heavy (non-hydrogen) atoms. The Morgan fingerprint density at radius 2 is 1.73 bits per heavy atom. The zero-order valence-corrected chi connectivity index (χ0v) is 9.28. The summed E-state index contributed by atoms with van der Waals surface area (Å²) in [5.41, 5.74) is 4.55. The second-order valence-corrected chi connectivity index (χ2v) is 4.28. The van der Waals surface area contributed by atoms with Gasteiger partial charge in [-0.15, -0.1) is 0 Å². The number of hydroxylamine groups is 1. The predicted octanol–water partition coefficient (Wildman–Crippen LogP) is 2.86. The van der Waals surface area contributed by atoms with Gasteiger partial charge >= 0.3 is 0 Å². The van der Waals surface area contributed by atoms with Crippen molar-refractivity contribution in [2.75, 3.05) is 7.11 Å². The highest BCUT2D eigenvalue weighted by molar-refractivity contribution is 5.19. The van der Waals surface area contributed by atoms with Crippen LogP contribution in [0.3, 0.4) is 0 Å². The maximum Gasteiger partial charge on any atom is 0.0572 e. The number of rotatable bonds is 3. The minimum atomic E-state index is 0.551. The number of hydrogen-bond donors (Lipinski definition) is 1. The van der Waals surface area contributed by atoms with Crippen molar-refractivity contribution in [3.05, 3.63) is 35.9 Å². The SMILES string of the molecule is CONC1CCC(c2ccccc2)CC1. The Balaban J connectivity index is 1.88. The predicted molar refractivity (Wildman–Crippen MR) is 61.6 cm³/mol. The maximum atomic E-state index is 4.97. The fourth-order valence-electron chi connectivity index (χ4n) is 2.44. The van der Waals surface area contributed by atoms with Crippen molar-refractivity contribution in [2.24, 2.45) is 0 Å². The van der Waals surface area contributed by atoms with Gasteiger partial charge in [-0.05, 0) is 37.2 Å². The van der Waals surface area contributed by atoms with Crippen LogP contribution in [0.4, 0.5) is 0 Å². The summed E-state index contributed by atoms with van der Waals surface area (Å²) in [6.45, 7) is 0. The van der Waals surface area contributed by atoms with Gasteiger partial charge in [0.05, 0.1) is 7.11 Å². The third-order valence-electron chi connectivity index (χ3n) is 3.28. The normalized spacial score (nSPS) is 26.5. The smallest absolute Gasteiger partial charge is 0.0572 e. The van der Waals surface area contributed by atoms with Gasteiger partial charge in [-0.1, -0.05) is 30.3 Å². The molecule has 0 atom stereocenters. The van der Waals surface area contributed by atoms with E-state index in [2.05, 4.69) is 35.8 Å². The van der Waals surface area contributed by atoms with Gasteiger partial charge < -0.3 is 4.84 Å². The van der Waals surface area contributed by atoms with E-state index in [1.165, 1.54) is 31.2 Å².